The summed E-state index contributed by atoms with van der Waals surface area (Å²) >= 11 is 5.91. The highest BCUT2D eigenvalue weighted by atomic mass is 35.5. The molecule has 1 amide bonds. The third kappa shape index (κ3) is 4.21. The zero-order valence-corrected chi connectivity index (χ0v) is 12.0. The van der Waals surface area contributed by atoms with Crippen LogP contribution in [0.1, 0.15) is 44.0 Å². The van der Waals surface area contributed by atoms with Crippen LogP contribution in [0.25, 0.3) is 0 Å². The van der Waals surface area contributed by atoms with E-state index in [-0.39, 0.29) is 27.7 Å². The Morgan fingerprint density at radius 3 is 2.58 bits per heavy atom. The molecule has 0 aromatic heterocycles. The minimum atomic E-state index is -0.547. The summed E-state index contributed by atoms with van der Waals surface area (Å²) in [5.41, 5.74) is -0.220. The molecule has 5 nitrogen and oxygen atoms in total. The fourth-order valence-electron chi connectivity index (χ4n) is 1.86. The summed E-state index contributed by atoms with van der Waals surface area (Å²) in [6, 6.07) is 3.83. The van der Waals surface area contributed by atoms with Crippen LogP contribution in [0.2, 0.25) is 5.02 Å². The molecule has 0 saturated carbocycles. The van der Waals surface area contributed by atoms with Crippen LogP contribution in [0.3, 0.4) is 0 Å². The number of nitrogens with zero attached hydrogens (tertiary/aromatic N) is 1. The highest BCUT2D eigenvalue weighted by Gasteiger charge is 2.22. The average molecular weight is 285 g/mol. The smallest absolute Gasteiger partial charge is 0.270 e. The molecule has 0 fully saturated rings. The van der Waals surface area contributed by atoms with E-state index in [0.29, 0.717) is 0 Å². The summed E-state index contributed by atoms with van der Waals surface area (Å²) < 4.78 is 0. The first-order chi connectivity index (χ1) is 8.76. The van der Waals surface area contributed by atoms with Gasteiger partial charge < -0.3 is 5.32 Å². The lowest BCUT2D eigenvalue weighted by molar-refractivity contribution is -0.384. The van der Waals surface area contributed by atoms with Gasteiger partial charge in [-0.25, -0.2) is 0 Å². The van der Waals surface area contributed by atoms with Gasteiger partial charge in [-0.1, -0.05) is 24.9 Å². The Morgan fingerprint density at radius 2 is 2.11 bits per heavy atom. The summed E-state index contributed by atoms with van der Waals surface area (Å²) in [5, 5.41) is 13.5. The van der Waals surface area contributed by atoms with E-state index in [9.17, 15) is 14.9 Å². The lowest BCUT2D eigenvalue weighted by Crippen LogP contribution is -2.43. The standard InChI is InChI=1S/C13H17ClN2O3/c1-4-7-13(2,3)15-12(17)10-6-5-9(16(18)19)8-11(10)14/h5-6,8H,4,7H2,1-3H3,(H,15,17). The third-order valence-electron chi connectivity index (χ3n) is 2.74. The summed E-state index contributed by atoms with van der Waals surface area (Å²) in [5.74, 6) is -0.321. The van der Waals surface area contributed by atoms with E-state index in [2.05, 4.69) is 5.32 Å². The van der Waals surface area contributed by atoms with Crippen molar-refractivity contribution in [1.82, 2.24) is 5.32 Å². The third-order valence-corrected chi connectivity index (χ3v) is 3.05. The fraction of sp³-hybridized carbons (Fsp3) is 0.462. The topological polar surface area (TPSA) is 72.2 Å². The SMILES string of the molecule is CCCC(C)(C)NC(=O)c1ccc([N+](=O)[O-])cc1Cl. The van der Waals surface area contributed by atoms with E-state index in [1.807, 2.05) is 20.8 Å². The quantitative estimate of drug-likeness (QED) is 0.664. The van der Waals surface area contributed by atoms with Gasteiger partial charge in [0.1, 0.15) is 0 Å². The van der Waals surface area contributed by atoms with Crippen molar-refractivity contribution in [3.05, 3.63) is 38.9 Å². The molecule has 1 aromatic rings. The summed E-state index contributed by atoms with van der Waals surface area (Å²) in [6.45, 7) is 5.88. The Hall–Kier alpha value is -1.62. The molecule has 1 rings (SSSR count). The molecule has 104 valence electrons. The van der Waals surface area contributed by atoms with Crippen LogP contribution in [0.5, 0.6) is 0 Å². The van der Waals surface area contributed by atoms with Crippen molar-refractivity contribution in [2.24, 2.45) is 0 Å². The van der Waals surface area contributed by atoms with Crippen LogP contribution in [-0.4, -0.2) is 16.4 Å². The number of carbonyl (C=O) groups is 1. The van der Waals surface area contributed by atoms with Crippen molar-refractivity contribution >= 4 is 23.2 Å². The zero-order chi connectivity index (χ0) is 14.6. The van der Waals surface area contributed by atoms with Crippen LogP contribution < -0.4 is 5.32 Å². The number of halogens is 1. The Kier molecular flexibility index (Phi) is 4.89. The molecule has 0 aliphatic heterocycles. The number of hydrogen-bond donors (Lipinski definition) is 1. The molecule has 0 bridgehead atoms. The number of nitro benzene ring substituents is 1. The molecule has 0 spiro atoms. The molecule has 0 aliphatic carbocycles. The first-order valence-electron chi connectivity index (χ1n) is 6.03. The molecular weight excluding hydrogens is 268 g/mol. The molecule has 0 radical (unpaired) electrons. The van der Waals surface area contributed by atoms with Crippen molar-refractivity contribution < 1.29 is 9.72 Å². The summed E-state index contributed by atoms with van der Waals surface area (Å²) in [4.78, 5) is 22.1. The second-order valence-electron chi connectivity index (χ2n) is 5.01. The minimum Gasteiger partial charge on any atom is -0.347 e. The summed E-state index contributed by atoms with van der Waals surface area (Å²) in [6.07, 6.45) is 1.78. The molecule has 1 aromatic carbocycles. The number of benzene rings is 1. The normalized spacial score (nSPS) is 11.2. The van der Waals surface area contributed by atoms with Crippen LogP contribution in [0.4, 0.5) is 5.69 Å². The number of non-ortho nitro benzene ring substituents is 1. The van der Waals surface area contributed by atoms with E-state index < -0.39 is 4.92 Å². The van der Waals surface area contributed by atoms with E-state index in [0.717, 1.165) is 12.8 Å². The highest BCUT2D eigenvalue weighted by molar-refractivity contribution is 6.34. The molecule has 19 heavy (non-hydrogen) atoms. The second-order valence-corrected chi connectivity index (χ2v) is 5.42. The van der Waals surface area contributed by atoms with E-state index >= 15 is 0 Å². The predicted octanol–water partition coefficient (Wildman–Crippen LogP) is 3.56. The van der Waals surface area contributed by atoms with Crippen LogP contribution in [-0.2, 0) is 0 Å². The van der Waals surface area contributed by atoms with Gasteiger partial charge in [0.25, 0.3) is 11.6 Å². The molecular formula is C13H17ClN2O3. The van der Waals surface area contributed by atoms with Gasteiger partial charge in [-0.2, -0.15) is 0 Å². The number of amides is 1. The van der Waals surface area contributed by atoms with E-state index in [1.54, 1.807) is 0 Å². The number of nitro groups is 1. The highest BCUT2D eigenvalue weighted by Crippen LogP contribution is 2.23. The van der Waals surface area contributed by atoms with Gasteiger partial charge in [0.2, 0.25) is 0 Å². The number of rotatable bonds is 5. The Morgan fingerprint density at radius 1 is 1.47 bits per heavy atom. The largest absolute Gasteiger partial charge is 0.347 e. The molecule has 1 N–H and O–H groups in total. The van der Waals surface area contributed by atoms with Crippen molar-refractivity contribution in [3.8, 4) is 0 Å². The second kappa shape index (κ2) is 6.02. The van der Waals surface area contributed by atoms with Crippen LogP contribution >= 0.6 is 11.6 Å². The van der Waals surface area contributed by atoms with E-state index in [4.69, 9.17) is 11.6 Å². The maximum atomic E-state index is 12.1. The lowest BCUT2D eigenvalue weighted by atomic mass is 9.98. The van der Waals surface area contributed by atoms with Crippen molar-refractivity contribution in [2.45, 2.75) is 39.2 Å². The van der Waals surface area contributed by atoms with Gasteiger partial charge in [-0.15, -0.1) is 0 Å². The molecule has 6 heteroatoms. The Labute approximate surface area is 117 Å². The maximum absolute atomic E-state index is 12.1. The minimum absolute atomic E-state index is 0.0824. The van der Waals surface area contributed by atoms with Gasteiger partial charge in [0, 0.05) is 17.7 Å². The van der Waals surface area contributed by atoms with E-state index in [1.165, 1.54) is 18.2 Å². The van der Waals surface area contributed by atoms with Crippen molar-refractivity contribution in [3.63, 3.8) is 0 Å². The predicted molar refractivity (Wildman–Crippen MR) is 74.6 cm³/mol. The van der Waals surface area contributed by atoms with Crippen LogP contribution in [0, 0.1) is 10.1 Å². The van der Waals surface area contributed by atoms with Gasteiger partial charge >= 0.3 is 0 Å². The maximum Gasteiger partial charge on any atom is 0.270 e. The Balaban J connectivity index is 2.92. The van der Waals surface area contributed by atoms with Crippen LogP contribution in [0.15, 0.2) is 18.2 Å². The first-order valence-corrected chi connectivity index (χ1v) is 6.41. The molecule has 0 atom stereocenters. The molecule has 0 heterocycles. The molecule has 0 unspecified atom stereocenters. The number of hydrogen-bond acceptors (Lipinski definition) is 3. The molecule has 0 aliphatic rings. The van der Waals surface area contributed by atoms with Gasteiger partial charge in [0.15, 0.2) is 0 Å². The average Bonchev–Trinajstić information content (AvgIpc) is 2.27. The number of nitrogens with one attached hydrogen (secondary N) is 1. The molecule has 0 saturated heterocycles. The fourth-order valence-corrected chi connectivity index (χ4v) is 2.12. The zero-order valence-electron chi connectivity index (χ0n) is 11.2. The van der Waals surface area contributed by atoms with Gasteiger partial charge in [-0.3, -0.25) is 14.9 Å². The number of carbonyl (C=O) groups excluding carboxylic acids is 1. The first kappa shape index (κ1) is 15.4. The van der Waals surface area contributed by atoms with Gasteiger partial charge in [0.05, 0.1) is 15.5 Å². The van der Waals surface area contributed by atoms with Gasteiger partial charge in [-0.05, 0) is 26.3 Å². The lowest BCUT2D eigenvalue weighted by Gasteiger charge is -2.25. The monoisotopic (exact) mass is 284 g/mol. The van der Waals surface area contributed by atoms with Crippen molar-refractivity contribution in [2.75, 3.05) is 0 Å². The summed E-state index contributed by atoms with van der Waals surface area (Å²) in [7, 11) is 0. The Bertz CT molecular complexity index is 501. The van der Waals surface area contributed by atoms with Crippen molar-refractivity contribution in [1.29, 1.82) is 0 Å².